The summed E-state index contributed by atoms with van der Waals surface area (Å²) in [6.45, 7) is 3.80. The Bertz CT molecular complexity index is 1320. The number of ether oxygens (including phenoxy) is 1. The van der Waals surface area contributed by atoms with Crippen molar-refractivity contribution in [3.8, 4) is 0 Å². The molecule has 5 nitrogen and oxygen atoms in total. The molecular formula is C23H19BrN2O3S. The molecule has 1 unspecified atom stereocenters. The van der Waals surface area contributed by atoms with Crippen LogP contribution in [0.2, 0.25) is 0 Å². The molecule has 0 N–H and O–H groups in total. The molecule has 3 aromatic rings. The van der Waals surface area contributed by atoms with Gasteiger partial charge < -0.3 is 4.74 Å². The van der Waals surface area contributed by atoms with Crippen LogP contribution in [0.1, 0.15) is 31.0 Å². The fourth-order valence-corrected chi connectivity index (χ4v) is 4.95. The number of carbonyl (C=O) groups is 1. The van der Waals surface area contributed by atoms with Gasteiger partial charge in [-0.2, -0.15) is 0 Å². The van der Waals surface area contributed by atoms with Gasteiger partial charge in [0.1, 0.15) is 0 Å². The van der Waals surface area contributed by atoms with Gasteiger partial charge in [-0.3, -0.25) is 9.36 Å². The van der Waals surface area contributed by atoms with Crippen LogP contribution in [0, 0.1) is 0 Å². The molecule has 0 amide bonds. The van der Waals surface area contributed by atoms with Gasteiger partial charge in [-0.15, -0.1) is 0 Å². The number of esters is 1. The molecule has 0 radical (unpaired) electrons. The average molecular weight is 483 g/mol. The van der Waals surface area contributed by atoms with Gasteiger partial charge >= 0.3 is 5.97 Å². The number of thiazole rings is 1. The number of halogens is 1. The highest BCUT2D eigenvalue weighted by Gasteiger charge is 2.33. The highest BCUT2D eigenvalue weighted by Crippen LogP contribution is 2.30. The van der Waals surface area contributed by atoms with Crippen LogP contribution in [0.3, 0.4) is 0 Å². The van der Waals surface area contributed by atoms with Crippen LogP contribution >= 0.6 is 27.3 Å². The van der Waals surface area contributed by atoms with Crippen LogP contribution in [-0.4, -0.2) is 17.1 Å². The number of aromatic nitrogens is 1. The molecule has 0 bridgehead atoms. The Morgan fingerprint density at radius 2 is 2.00 bits per heavy atom. The molecule has 0 saturated carbocycles. The summed E-state index contributed by atoms with van der Waals surface area (Å²) in [5.74, 6) is -0.450. The summed E-state index contributed by atoms with van der Waals surface area (Å²) in [5, 5.41) is 0. The van der Waals surface area contributed by atoms with Gasteiger partial charge in [-0.1, -0.05) is 69.7 Å². The number of carbonyl (C=O) groups excluding carboxylic acids is 1. The maximum atomic E-state index is 13.4. The normalized spacial score (nSPS) is 16.2. The number of hydrogen-bond donors (Lipinski definition) is 0. The van der Waals surface area contributed by atoms with Crippen LogP contribution in [-0.2, 0) is 9.53 Å². The summed E-state index contributed by atoms with van der Waals surface area (Å²) in [6, 6.07) is 16.7. The first-order valence-electron chi connectivity index (χ1n) is 9.49. The topological polar surface area (TPSA) is 60.7 Å². The lowest BCUT2D eigenvalue weighted by Gasteiger charge is -2.24. The first-order valence-corrected chi connectivity index (χ1v) is 11.1. The van der Waals surface area contributed by atoms with E-state index in [0.29, 0.717) is 20.6 Å². The number of fused-ring (bicyclic) bond motifs is 1. The Morgan fingerprint density at radius 3 is 2.70 bits per heavy atom. The number of benzene rings is 2. The molecule has 0 saturated heterocycles. The van der Waals surface area contributed by atoms with E-state index in [9.17, 15) is 9.59 Å². The molecule has 1 atom stereocenters. The van der Waals surface area contributed by atoms with Crippen molar-refractivity contribution >= 4 is 39.3 Å². The van der Waals surface area contributed by atoms with E-state index < -0.39 is 12.0 Å². The summed E-state index contributed by atoms with van der Waals surface area (Å²) in [7, 11) is 0. The van der Waals surface area contributed by atoms with Crippen molar-refractivity contribution in [3.63, 3.8) is 0 Å². The number of rotatable bonds is 4. The number of nitrogens with zero attached hydrogens (tertiary/aromatic N) is 2. The molecule has 4 rings (SSSR count). The molecule has 0 fully saturated rings. The zero-order valence-corrected chi connectivity index (χ0v) is 18.9. The van der Waals surface area contributed by atoms with Crippen LogP contribution in [0.15, 0.2) is 80.1 Å². The highest BCUT2D eigenvalue weighted by atomic mass is 79.9. The fourth-order valence-electron chi connectivity index (χ4n) is 3.49. The molecule has 1 aliphatic heterocycles. The molecule has 7 heteroatoms. The van der Waals surface area contributed by atoms with E-state index in [1.165, 1.54) is 11.3 Å². The first-order chi connectivity index (χ1) is 14.5. The van der Waals surface area contributed by atoms with Gasteiger partial charge in [0.15, 0.2) is 4.80 Å². The Hall–Kier alpha value is -2.77. The van der Waals surface area contributed by atoms with Gasteiger partial charge in [-0.05, 0) is 43.2 Å². The second-order valence-electron chi connectivity index (χ2n) is 6.77. The van der Waals surface area contributed by atoms with Crippen LogP contribution in [0.25, 0.3) is 6.08 Å². The maximum absolute atomic E-state index is 13.4. The quantitative estimate of drug-likeness (QED) is 0.534. The van der Waals surface area contributed by atoms with E-state index in [1.54, 1.807) is 18.4 Å². The molecule has 1 aromatic heterocycles. The van der Waals surface area contributed by atoms with E-state index in [1.807, 2.05) is 60.7 Å². The lowest BCUT2D eigenvalue weighted by molar-refractivity contribution is -0.139. The second kappa shape index (κ2) is 8.53. The minimum Gasteiger partial charge on any atom is -0.463 e. The van der Waals surface area contributed by atoms with Gasteiger partial charge in [0.05, 0.1) is 28.5 Å². The summed E-state index contributed by atoms with van der Waals surface area (Å²) >= 11 is 4.78. The van der Waals surface area contributed by atoms with Crippen molar-refractivity contribution in [2.75, 3.05) is 6.61 Å². The predicted octanol–water partition coefficient (Wildman–Crippen LogP) is 3.56. The Labute approximate surface area is 185 Å². The summed E-state index contributed by atoms with van der Waals surface area (Å²) in [6.07, 6.45) is 1.85. The van der Waals surface area contributed by atoms with Crippen molar-refractivity contribution < 1.29 is 9.53 Å². The molecule has 30 heavy (non-hydrogen) atoms. The molecule has 2 aromatic carbocycles. The first kappa shape index (κ1) is 20.5. The monoisotopic (exact) mass is 482 g/mol. The van der Waals surface area contributed by atoms with Crippen LogP contribution in [0.5, 0.6) is 0 Å². The van der Waals surface area contributed by atoms with Gasteiger partial charge in [0.25, 0.3) is 5.56 Å². The Balaban J connectivity index is 1.96. The molecule has 0 aliphatic carbocycles. The SMILES string of the molecule is CCOC(=O)C1=C(C)N=c2s/c(=C\c3cccc(Br)c3)c(=O)n2C1c1ccccc1. The third-order valence-corrected chi connectivity index (χ3v) is 6.25. The molecular weight excluding hydrogens is 464 g/mol. The second-order valence-corrected chi connectivity index (χ2v) is 8.69. The lowest BCUT2D eigenvalue weighted by Crippen LogP contribution is -2.39. The molecule has 152 valence electrons. The zero-order chi connectivity index (χ0) is 21.3. The van der Waals surface area contributed by atoms with Crippen LogP contribution < -0.4 is 14.9 Å². The van der Waals surface area contributed by atoms with Crippen molar-refractivity contribution in [3.05, 3.63) is 101 Å². The largest absolute Gasteiger partial charge is 0.463 e. The van der Waals surface area contributed by atoms with E-state index in [-0.39, 0.29) is 12.2 Å². The Morgan fingerprint density at radius 1 is 1.23 bits per heavy atom. The van der Waals surface area contributed by atoms with E-state index in [0.717, 1.165) is 15.6 Å². The molecule has 2 heterocycles. The van der Waals surface area contributed by atoms with E-state index in [2.05, 4.69) is 20.9 Å². The third-order valence-electron chi connectivity index (χ3n) is 4.78. The maximum Gasteiger partial charge on any atom is 0.338 e. The summed E-state index contributed by atoms with van der Waals surface area (Å²) in [5.41, 5.74) is 2.53. The van der Waals surface area contributed by atoms with Gasteiger partial charge in [0.2, 0.25) is 0 Å². The third kappa shape index (κ3) is 3.82. The Kier molecular flexibility index (Phi) is 5.83. The molecule has 1 aliphatic rings. The fraction of sp³-hybridized carbons (Fsp3) is 0.174. The van der Waals surface area contributed by atoms with Gasteiger partial charge in [0, 0.05) is 4.47 Å². The minimum absolute atomic E-state index is 0.179. The predicted molar refractivity (Wildman–Crippen MR) is 121 cm³/mol. The van der Waals surface area contributed by atoms with Crippen molar-refractivity contribution in [1.29, 1.82) is 0 Å². The number of hydrogen-bond acceptors (Lipinski definition) is 5. The van der Waals surface area contributed by atoms with E-state index in [4.69, 9.17) is 4.74 Å². The summed E-state index contributed by atoms with van der Waals surface area (Å²) in [4.78, 5) is 31.3. The molecule has 0 spiro atoms. The highest BCUT2D eigenvalue weighted by molar-refractivity contribution is 9.10. The summed E-state index contributed by atoms with van der Waals surface area (Å²) < 4.78 is 8.39. The van der Waals surface area contributed by atoms with Crippen molar-refractivity contribution in [2.45, 2.75) is 19.9 Å². The average Bonchev–Trinajstić information content (AvgIpc) is 3.02. The van der Waals surface area contributed by atoms with Crippen molar-refractivity contribution in [2.24, 2.45) is 4.99 Å². The van der Waals surface area contributed by atoms with Crippen LogP contribution in [0.4, 0.5) is 0 Å². The van der Waals surface area contributed by atoms with Gasteiger partial charge in [-0.25, -0.2) is 9.79 Å². The minimum atomic E-state index is -0.578. The smallest absolute Gasteiger partial charge is 0.338 e. The van der Waals surface area contributed by atoms with E-state index >= 15 is 0 Å². The van der Waals surface area contributed by atoms with Crippen molar-refractivity contribution in [1.82, 2.24) is 4.57 Å². The standard InChI is InChI=1S/C23H19BrN2O3S/c1-3-29-22(28)19-14(2)25-23-26(20(19)16-9-5-4-6-10-16)21(27)18(30-23)13-15-8-7-11-17(24)12-15/h4-13,20H,3H2,1-2H3/b18-13-. The number of allylic oxidation sites excluding steroid dienone is 1. The zero-order valence-electron chi connectivity index (χ0n) is 16.5. The lowest BCUT2D eigenvalue weighted by atomic mass is 9.96.